The molecule has 0 fully saturated rings. The Hall–Kier alpha value is -1.11. The third-order valence-corrected chi connectivity index (χ3v) is 6.68. The average molecular weight is 671 g/mol. The summed E-state index contributed by atoms with van der Waals surface area (Å²) in [6.45, 7) is 22.2. The predicted octanol–water partition coefficient (Wildman–Crippen LogP) is 10.4. The van der Waals surface area contributed by atoms with Gasteiger partial charge in [-0.05, 0) is 11.1 Å². The molecule has 198 valence electrons. The fraction of sp³-hybridized carbons (Fsp3) is 0.312. The van der Waals surface area contributed by atoms with Crippen LogP contribution in [-0.4, -0.2) is 25.7 Å². The number of hydrogen-bond donors (Lipinski definition) is 0. The summed E-state index contributed by atoms with van der Waals surface area (Å²) in [5.74, 6) is 6.71. The Morgan fingerprint density at radius 3 is 1.29 bits per heavy atom. The van der Waals surface area contributed by atoms with Crippen LogP contribution in [0.15, 0.2) is 60.7 Å². The van der Waals surface area contributed by atoms with Gasteiger partial charge in [0.2, 0.25) is 0 Å². The van der Waals surface area contributed by atoms with Crippen molar-refractivity contribution < 1.29 is 20.8 Å². The van der Waals surface area contributed by atoms with E-state index in [0.717, 1.165) is 9.52 Å². The Morgan fingerprint density at radius 2 is 1.00 bits per heavy atom. The molecule has 38 heavy (non-hydrogen) atoms. The van der Waals surface area contributed by atoms with Crippen LogP contribution in [0.25, 0.3) is 21.5 Å². The predicted molar refractivity (Wildman–Crippen MR) is 178 cm³/mol. The zero-order valence-electron chi connectivity index (χ0n) is 24.5. The van der Waals surface area contributed by atoms with E-state index < -0.39 is 37.0 Å². The molecule has 0 unspecified atom stereocenters. The molecule has 0 spiro atoms. The summed E-state index contributed by atoms with van der Waals surface area (Å²) in [4.78, 5) is 0. The average Bonchev–Trinajstić information content (AvgIpc) is 3.38. The van der Waals surface area contributed by atoms with Gasteiger partial charge >= 0.3 is 37.9 Å². The number of benzene rings is 2. The number of hydrogen-bond acceptors (Lipinski definition) is 0. The molecule has 0 aliphatic carbocycles. The second kappa shape index (κ2) is 16.9. The molecule has 0 aromatic heterocycles. The first-order valence-electron chi connectivity index (χ1n) is 12.7. The van der Waals surface area contributed by atoms with Crippen molar-refractivity contribution in [1.82, 2.24) is 0 Å². The Balaban J connectivity index is 0.000000315. The zero-order chi connectivity index (χ0) is 28.9. The van der Waals surface area contributed by atoms with Gasteiger partial charge in [0, 0.05) is 9.52 Å². The molecule has 4 aromatic carbocycles. The molecular weight excluding hydrogens is 631 g/mol. The van der Waals surface area contributed by atoms with Crippen molar-refractivity contribution >= 4 is 64.2 Å². The van der Waals surface area contributed by atoms with E-state index in [4.69, 9.17) is 17.0 Å². The minimum absolute atomic E-state index is 0.826. The van der Waals surface area contributed by atoms with Crippen LogP contribution < -0.4 is 0 Å². The van der Waals surface area contributed by atoms with Gasteiger partial charge in [0.25, 0.3) is 0 Å². The van der Waals surface area contributed by atoms with Gasteiger partial charge in [-0.2, -0.15) is 12.1 Å². The van der Waals surface area contributed by atoms with Crippen LogP contribution in [0.5, 0.6) is 0 Å². The minimum atomic E-state index is -1.28. The van der Waals surface area contributed by atoms with Gasteiger partial charge in [-0.25, -0.2) is 0 Å². The fourth-order valence-corrected chi connectivity index (χ4v) is 4.52. The van der Waals surface area contributed by atoms with Gasteiger partial charge in [-0.3, -0.25) is 0 Å². The second-order valence-corrected chi connectivity index (χ2v) is 25.5. The van der Waals surface area contributed by atoms with E-state index in [0.29, 0.717) is 0 Å². The van der Waals surface area contributed by atoms with Crippen molar-refractivity contribution in [3.63, 3.8) is 0 Å². The van der Waals surface area contributed by atoms with Crippen molar-refractivity contribution in [3.8, 4) is 22.9 Å². The molecule has 0 saturated carbocycles. The molecule has 6 heteroatoms. The van der Waals surface area contributed by atoms with Crippen LogP contribution >= 0.6 is 17.0 Å². The van der Waals surface area contributed by atoms with Crippen molar-refractivity contribution in [1.29, 1.82) is 0 Å². The molecule has 0 aliphatic rings. The number of aryl methyl sites for hydroxylation is 2. The molecule has 0 N–H and O–H groups in total. The van der Waals surface area contributed by atoms with Gasteiger partial charge in [-0.15, -0.1) is 80.2 Å². The summed E-state index contributed by atoms with van der Waals surface area (Å²) in [6, 6.07) is 21.6. The number of halogens is 2. The van der Waals surface area contributed by atoms with Crippen LogP contribution in [0.1, 0.15) is 22.3 Å². The molecule has 0 amide bonds. The second-order valence-electron chi connectivity index (χ2n) is 11.3. The van der Waals surface area contributed by atoms with Crippen LogP contribution in [0, 0.1) is 36.8 Å². The van der Waals surface area contributed by atoms with Gasteiger partial charge in [0.15, 0.2) is 0 Å². The van der Waals surface area contributed by atoms with E-state index in [9.17, 15) is 0 Å². The molecule has 2 radical (unpaired) electrons. The first-order chi connectivity index (χ1) is 17.7. The van der Waals surface area contributed by atoms with Crippen molar-refractivity contribution in [2.45, 2.75) is 66.2 Å². The summed E-state index contributed by atoms with van der Waals surface area (Å²) in [7, 11) is 8.39. The van der Waals surface area contributed by atoms with E-state index in [1.54, 1.807) is 0 Å². The summed E-state index contributed by atoms with van der Waals surface area (Å²) in [5.41, 5.74) is 11.8. The normalized spacial score (nSPS) is 10.2. The third kappa shape index (κ3) is 13.3. The van der Waals surface area contributed by atoms with Crippen LogP contribution in [0.2, 0.25) is 52.4 Å². The summed E-state index contributed by atoms with van der Waals surface area (Å²) in [5, 5.41) is 5.20. The van der Waals surface area contributed by atoms with Crippen LogP contribution in [-0.2, 0) is 20.8 Å². The van der Waals surface area contributed by atoms with Gasteiger partial charge in [0.05, 0.1) is 0 Å². The topological polar surface area (TPSA) is 0 Å². The van der Waals surface area contributed by atoms with Crippen molar-refractivity contribution in [2.24, 2.45) is 0 Å². The van der Waals surface area contributed by atoms with Crippen LogP contribution in [0.4, 0.5) is 0 Å². The molecule has 0 heterocycles. The summed E-state index contributed by atoms with van der Waals surface area (Å²) in [6.07, 6.45) is 0. The van der Waals surface area contributed by atoms with E-state index in [1.807, 2.05) is 0 Å². The molecule has 4 rings (SSSR count). The Labute approximate surface area is 255 Å². The van der Waals surface area contributed by atoms with E-state index >= 15 is 0 Å². The van der Waals surface area contributed by atoms with Crippen LogP contribution in [0.3, 0.4) is 0 Å². The van der Waals surface area contributed by atoms with Gasteiger partial charge in [-0.1, -0.05) is 90.2 Å². The molecule has 0 saturated heterocycles. The monoisotopic (exact) mass is 668 g/mol. The van der Waals surface area contributed by atoms with E-state index in [1.165, 1.54) is 43.8 Å². The Morgan fingerprint density at radius 1 is 0.684 bits per heavy atom. The molecule has 4 aromatic rings. The zero-order valence-corrected chi connectivity index (χ0v) is 31.5. The summed E-state index contributed by atoms with van der Waals surface area (Å²) < 4.78 is 0. The standard InChI is InChI=1S/2C15H17Si.C2H6Si.2ClH.Zr/c2*1-12-10-14-7-5-6-13(15(14)11-12)8-9-16(2,3)4;1-3-2;;;/h2*5-7,10-11H,1-4H3;1-2H3;2*1H;/q2*-1;;;;+4/p-2. The first kappa shape index (κ1) is 34.9. The summed E-state index contributed by atoms with van der Waals surface area (Å²) >= 11 is -0.826. The fourth-order valence-electron chi connectivity index (χ4n) is 3.50. The number of rotatable bonds is 0. The van der Waals surface area contributed by atoms with Crippen molar-refractivity contribution in [3.05, 3.63) is 82.9 Å². The molecule has 0 aliphatic heterocycles. The van der Waals surface area contributed by atoms with Gasteiger partial charge < -0.3 is 0 Å². The molecule has 0 nitrogen and oxygen atoms in total. The third-order valence-electron chi connectivity index (χ3n) is 4.93. The first-order valence-corrected chi connectivity index (χ1v) is 28.0. The maximum absolute atomic E-state index is 4.93. The van der Waals surface area contributed by atoms with Gasteiger partial charge in [0.1, 0.15) is 16.1 Å². The Bertz CT molecular complexity index is 1300. The molecule has 0 atom stereocenters. The van der Waals surface area contributed by atoms with E-state index in [2.05, 4.69) is 150 Å². The molecule has 0 bridgehead atoms. The number of fused-ring (bicyclic) bond motifs is 2. The quantitative estimate of drug-likeness (QED) is 0.0992. The Kier molecular flexibility index (Phi) is 15.5. The SMILES string of the molecule is C[Si]C.Cc1cc2c(C#C[Si](C)(C)C)cccc2[cH-]1.Cc1cc2c(C#C[Si](C)(C)C)cccc2[cH-]1.[Cl][Zr+2][Cl]. The van der Waals surface area contributed by atoms with E-state index in [-0.39, 0.29) is 0 Å². The van der Waals surface area contributed by atoms with Crippen molar-refractivity contribution in [2.75, 3.05) is 0 Å². The molecular formula is C32H40Cl2Si3Zr. The maximum atomic E-state index is 4.93.